The SMILES string of the molecule is CNc1ncccc1C(=O)N(C)C1CCCCCC1. The van der Waals surface area contributed by atoms with Crippen LogP contribution in [0.5, 0.6) is 0 Å². The first-order valence-electron chi connectivity index (χ1n) is 7.14. The number of nitrogens with zero attached hydrogens (tertiary/aromatic N) is 2. The Morgan fingerprint density at radius 3 is 2.63 bits per heavy atom. The Kier molecular flexibility index (Phi) is 4.77. The lowest BCUT2D eigenvalue weighted by molar-refractivity contribution is 0.0718. The van der Waals surface area contributed by atoms with Crippen molar-refractivity contribution in [1.82, 2.24) is 9.88 Å². The predicted molar refractivity (Wildman–Crippen MR) is 77.4 cm³/mol. The van der Waals surface area contributed by atoms with Gasteiger partial charge in [-0.15, -0.1) is 0 Å². The number of anilines is 1. The van der Waals surface area contributed by atoms with E-state index in [0.717, 1.165) is 12.8 Å². The van der Waals surface area contributed by atoms with Gasteiger partial charge in [0.05, 0.1) is 5.56 Å². The molecule has 4 nitrogen and oxygen atoms in total. The average Bonchev–Trinajstić information content (AvgIpc) is 2.74. The summed E-state index contributed by atoms with van der Waals surface area (Å²) in [5.41, 5.74) is 0.664. The molecule has 0 aromatic carbocycles. The Bertz CT molecular complexity index is 425. The second-order valence-corrected chi connectivity index (χ2v) is 5.21. The summed E-state index contributed by atoms with van der Waals surface area (Å²) in [7, 11) is 3.72. The van der Waals surface area contributed by atoms with Crippen molar-refractivity contribution in [3.63, 3.8) is 0 Å². The maximum absolute atomic E-state index is 12.6. The summed E-state index contributed by atoms with van der Waals surface area (Å²) in [6.45, 7) is 0. The fourth-order valence-electron chi connectivity index (χ4n) is 2.78. The molecule has 1 saturated carbocycles. The first-order valence-corrected chi connectivity index (χ1v) is 7.14. The Hall–Kier alpha value is -1.58. The third kappa shape index (κ3) is 3.25. The van der Waals surface area contributed by atoms with Gasteiger partial charge >= 0.3 is 0 Å². The van der Waals surface area contributed by atoms with Crippen LogP contribution in [-0.4, -0.2) is 35.9 Å². The zero-order chi connectivity index (χ0) is 13.7. The number of hydrogen-bond acceptors (Lipinski definition) is 3. The number of carbonyl (C=O) groups is 1. The summed E-state index contributed by atoms with van der Waals surface area (Å²) in [6.07, 6.45) is 9.01. The Labute approximate surface area is 115 Å². The van der Waals surface area contributed by atoms with Gasteiger partial charge in [-0.1, -0.05) is 25.7 Å². The molecule has 1 N–H and O–H groups in total. The topological polar surface area (TPSA) is 45.2 Å². The molecule has 1 fully saturated rings. The summed E-state index contributed by atoms with van der Waals surface area (Å²) < 4.78 is 0. The number of hydrogen-bond donors (Lipinski definition) is 1. The minimum atomic E-state index is 0.0735. The van der Waals surface area contributed by atoms with Gasteiger partial charge < -0.3 is 10.2 Å². The maximum Gasteiger partial charge on any atom is 0.257 e. The van der Waals surface area contributed by atoms with Crippen LogP contribution in [0.3, 0.4) is 0 Å². The molecule has 0 spiro atoms. The van der Waals surface area contributed by atoms with Crippen LogP contribution in [-0.2, 0) is 0 Å². The molecule has 1 heterocycles. The number of nitrogens with one attached hydrogen (secondary N) is 1. The molecule has 104 valence electrons. The van der Waals surface area contributed by atoms with E-state index in [-0.39, 0.29) is 5.91 Å². The van der Waals surface area contributed by atoms with Crippen LogP contribution in [0.2, 0.25) is 0 Å². The van der Waals surface area contributed by atoms with E-state index in [1.165, 1.54) is 25.7 Å². The molecule has 0 saturated heterocycles. The molecular weight excluding hydrogens is 238 g/mol. The molecule has 0 radical (unpaired) electrons. The summed E-state index contributed by atoms with van der Waals surface area (Å²) in [5, 5.41) is 2.99. The van der Waals surface area contributed by atoms with Crippen molar-refractivity contribution in [2.45, 2.75) is 44.6 Å². The summed E-state index contributed by atoms with van der Waals surface area (Å²) in [5.74, 6) is 0.734. The Morgan fingerprint density at radius 2 is 2.00 bits per heavy atom. The molecular formula is C15H23N3O. The minimum absolute atomic E-state index is 0.0735. The molecule has 1 aliphatic rings. The summed E-state index contributed by atoms with van der Waals surface area (Å²) in [6, 6.07) is 4.03. The smallest absolute Gasteiger partial charge is 0.257 e. The van der Waals surface area contributed by atoms with Gasteiger partial charge in [0.1, 0.15) is 5.82 Å². The number of aromatic nitrogens is 1. The van der Waals surface area contributed by atoms with Crippen molar-refractivity contribution in [3.8, 4) is 0 Å². The van der Waals surface area contributed by atoms with Gasteiger partial charge in [-0.3, -0.25) is 4.79 Å². The molecule has 1 aliphatic carbocycles. The number of carbonyl (C=O) groups excluding carboxylic acids is 1. The van der Waals surface area contributed by atoms with Crippen LogP contribution in [0.25, 0.3) is 0 Å². The van der Waals surface area contributed by atoms with Gasteiger partial charge in [-0.25, -0.2) is 4.98 Å². The van der Waals surface area contributed by atoms with Gasteiger partial charge in [0.15, 0.2) is 0 Å². The molecule has 2 rings (SSSR count). The predicted octanol–water partition coefficient (Wildman–Crippen LogP) is 2.92. The van der Waals surface area contributed by atoms with Gasteiger partial charge in [0.25, 0.3) is 5.91 Å². The summed E-state index contributed by atoms with van der Waals surface area (Å²) >= 11 is 0. The van der Waals surface area contributed by atoms with E-state index in [4.69, 9.17) is 0 Å². The third-order valence-corrected chi connectivity index (χ3v) is 3.97. The van der Waals surface area contributed by atoms with Crippen LogP contribution in [0, 0.1) is 0 Å². The largest absolute Gasteiger partial charge is 0.372 e. The first kappa shape index (κ1) is 13.8. The van der Waals surface area contributed by atoms with E-state index < -0.39 is 0 Å². The normalized spacial score (nSPS) is 16.7. The lowest BCUT2D eigenvalue weighted by atomic mass is 10.1. The Balaban J connectivity index is 2.13. The third-order valence-electron chi connectivity index (χ3n) is 3.97. The van der Waals surface area contributed by atoms with Crippen molar-refractivity contribution < 1.29 is 4.79 Å². The molecule has 0 atom stereocenters. The van der Waals surface area contributed by atoms with Crippen molar-refractivity contribution in [2.75, 3.05) is 19.4 Å². The maximum atomic E-state index is 12.6. The number of pyridine rings is 1. The molecule has 0 bridgehead atoms. The fraction of sp³-hybridized carbons (Fsp3) is 0.600. The number of rotatable bonds is 3. The van der Waals surface area contributed by atoms with Crippen LogP contribution in [0.4, 0.5) is 5.82 Å². The fourth-order valence-corrected chi connectivity index (χ4v) is 2.78. The number of amides is 1. The monoisotopic (exact) mass is 261 g/mol. The van der Waals surface area contributed by atoms with Crippen molar-refractivity contribution in [3.05, 3.63) is 23.9 Å². The van der Waals surface area contributed by atoms with Gasteiger partial charge in [0.2, 0.25) is 0 Å². The quantitative estimate of drug-likeness (QED) is 0.851. The van der Waals surface area contributed by atoms with E-state index in [1.54, 1.807) is 13.2 Å². The van der Waals surface area contributed by atoms with Gasteiger partial charge in [0, 0.05) is 26.3 Å². The van der Waals surface area contributed by atoms with Crippen LogP contribution >= 0.6 is 0 Å². The van der Waals surface area contributed by atoms with E-state index in [9.17, 15) is 4.79 Å². The lowest BCUT2D eigenvalue weighted by Crippen LogP contribution is -2.37. The van der Waals surface area contributed by atoms with E-state index in [1.807, 2.05) is 24.1 Å². The van der Waals surface area contributed by atoms with Gasteiger partial charge in [-0.05, 0) is 25.0 Å². The molecule has 1 aromatic rings. The molecule has 1 aromatic heterocycles. The van der Waals surface area contributed by atoms with Gasteiger partial charge in [-0.2, -0.15) is 0 Å². The van der Waals surface area contributed by atoms with E-state index in [0.29, 0.717) is 17.4 Å². The molecule has 4 heteroatoms. The first-order chi connectivity index (χ1) is 9.24. The second kappa shape index (κ2) is 6.55. The highest BCUT2D eigenvalue weighted by Crippen LogP contribution is 2.23. The highest BCUT2D eigenvalue weighted by molar-refractivity contribution is 5.98. The van der Waals surface area contributed by atoms with E-state index >= 15 is 0 Å². The molecule has 0 aliphatic heterocycles. The zero-order valence-electron chi connectivity index (χ0n) is 11.9. The minimum Gasteiger partial charge on any atom is -0.372 e. The average molecular weight is 261 g/mol. The zero-order valence-corrected chi connectivity index (χ0v) is 11.9. The highest BCUT2D eigenvalue weighted by atomic mass is 16.2. The molecule has 0 unspecified atom stereocenters. The van der Waals surface area contributed by atoms with Crippen LogP contribution in [0.15, 0.2) is 18.3 Å². The van der Waals surface area contributed by atoms with Crippen molar-refractivity contribution in [2.24, 2.45) is 0 Å². The van der Waals surface area contributed by atoms with Crippen molar-refractivity contribution in [1.29, 1.82) is 0 Å². The second-order valence-electron chi connectivity index (χ2n) is 5.21. The summed E-state index contributed by atoms with van der Waals surface area (Å²) in [4.78, 5) is 18.7. The van der Waals surface area contributed by atoms with E-state index in [2.05, 4.69) is 10.3 Å². The Morgan fingerprint density at radius 1 is 1.32 bits per heavy atom. The van der Waals surface area contributed by atoms with Crippen molar-refractivity contribution >= 4 is 11.7 Å². The molecule has 1 amide bonds. The lowest BCUT2D eigenvalue weighted by Gasteiger charge is -2.27. The highest BCUT2D eigenvalue weighted by Gasteiger charge is 2.23. The van der Waals surface area contributed by atoms with Crippen LogP contribution in [0.1, 0.15) is 48.9 Å². The van der Waals surface area contributed by atoms with Crippen LogP contribution < -0.4 is 5.32 Å². The molecule has 19 heavy (non-hydrogen) atoms. The standard InChI is InChI=1S/C15H23N3O/c1-16-14-13(10-7-11-17-14)15(19)18(2)12-8-5-3-4-6-9-12/h7,10-12H,3-6,8-9H2,1-2H3,(H,16,17).